The summed E-state index contributed by atoms with van der Waals surface area (Å²) >= 11 is 0. The number of benzene rings is 2. The van der Waals surface area contributed by atoms with Gasteiger partial charge in [-0.3, -0.25) is 4.31 Å². The normalized spacial score (nSPS) is 17.0. The molecule has 3 rings (SSSR count). The van der Waals surface area contributed by atoms with Gasteiger partial charge in [-0.05, 0) is 48.1 Å². The number of carbonyl (C=O) groups excluding carboxylic acids is 1. The SMILES string of the molecule is CC(C)(C)CC(NC(=O)Nc1ccc(N2CCCS2(=O)=O)cc1)c1ccccc1. The first-order valence-electron chi connectivity index (χ1n) is 9.87. The Morgan fingerprint density at radius 1 is 1.07 bits per heavy atom. The Balaban J connectivity index is 1.67. The van der Waals surface area contributed by atoms with Crippen molar-refractivity contribution < 1.29 is 13.2 Å². The molecule has 1 saturated heterocycles. The van der Waals surface area contributed by atoms with E-state index in [-0.39, 0.29) is 23.2 Å². The first kappa shape index (κ1) is 21.2. The van der Waals surface area contributed by atoms with Crippen LogP contribution in [0.1, 0.15) is 45.2 Å². The van der Waals surface area contributed by atoms with Crippen molar-refractivity contribution in [3.8, 4) is 0 Å². The van der Waals surface area contributed by atoms with E-state index in [2.05, 4.69) is 31.4 Å². The summed E-state index contributed by atoms with van der Waals surface area (Å²) in [5, 5.41) is 5.91. The number of urea groups is 1. The van der Waals surface area contributed by atoms with E-state index in [1.165, 1.54) is 4.31 Å². The largest absolute Gasteiger partial charge is 0.331 e. The van der Waals surface area contributed by atoms with Crippen LogP contribution in [0.15, 0.2) is 54.6 Å². The summed E-state index contributed by atoms with van der Waals surface area (Å²) in [4.78, 5) is 12.6. The molecule has 6 nitrogen and oxygen atoms in total. The van der Waals surface area contributed by atoms with Crippen LogP contribution in [0.4, 0.5) is 16.2 Å². The fourth-order valence-electron chi connectivity index (χ4n) is 3.52. The van der Waals surface area contributed by atoms with Gasteiger partial charge in [-0.2, -0.15) is 0 Å². The van der Waals surface area contributed by atoms with Crippen LogP contribution in [-0.4, -0.2) is 26.7 Å². The number of anilines is 2. The van der Waals surface area contributed by atoms with Crippen molar-refractivity contribution in [1.29, 1.82) is 0 Å². The smallest absolute Gasteiger partial charge is 0.319 e. The molecule has 0 aliphatic carbocycles. The van der Waals surface area contributed by atoms with Crippen molar-refractivity contribution >= 4 is 27.4 Å². The molecule has 1 aliphatic heterocycles. The molecule has 29 heavy (non-hydrogen) atoms. The number of hydrogen-bond donors (Lipinski definition) is 2. The molecule has 0 spiro atoms. The summed E-state index contributed by atoms with van der Waals surface area (Å²) in [6.45, 7) is 6.94. The first-order valence-corrected chi connectivity index (χ1v) is 11.5. The van der Waals surface area contributed by atoms with Gasteiger partial charge in [-0.25, -0.2) is 13.2 Å². The van der Waals surface area contributed by atoms with Crippen molar-refractivity contribution in [2.45, 2.75) is 39.7 Å². The standard InChI is InChI=1S/C22H29N3O3S/c1-22(2,3)16-20(17-8-5-4-6-9-17)24-21(26)23-18-10-12-19(13-11-18)25-14-7-15-29(25,27)28/h4-6,8-13,20H,7,14-16H2,1-3H3,(H2,23,24,26). The van der Waals surface area contributed by atoms with Crippen LogP contribution >= 0.6 is 0 Å². The predicted octanol–water partition coefficient (Wildman–Crippen LogP) is 4.53. The Kier molecular flexibility index (Phi) is 6.17. The van der Waals surface area contributed by atoms with Gasteiger partial charge in [0.1, 0.15) is 0 Å². The molecule has 0 aromatic heterocycles. The van der Waals surface area contributed by atoms with Gasteiger partial charge in [0.25, 0.3) is 0 Å². The molecule has 2 N–H and O–H groups in total. The molecule has 2 amide bonds. The zero-order valence-corrected chi connectivity index (χ0v) is 18.0. The number of carbonyl (C=O) groups is 1. The van der Waals surface area contributed by atoms with E-state index in [9.17, 15) is 13.2 Å². The highest BCUT2D eigenvalue weighted by molar-refractivity contribution is 7.93. The molecular formula is C22H29N3O3S. The van der Waals surface area contributed by atoms with Crippen LogP contribution in [0.2, 0.25) is 0 Å². The van der Waals surface area contributed by atoms with Crippen LogP contribution in [-0.2, 0) is 10.0 Å². The molecule has 1 unspecified atom stereocenters. The minimum atomic E-state index is -3.21. The Hall–Kier alpha value is -2.54. The number of hydrogen-bond acceptors (Lipinski definition) is 3. The second-order valence-corrected chi connectivity index (χ2v) is 10.6. The van der Waals surface area contributed by atoms with Crippen molar-refractivity contribution in [1.82, 2.24) is 5.32 Å². The van der Waals surface area contributed by atoms with E-state index in [0.29, 0.717) is 24.3 Å². The third kappa shape index (κ3) is 5.73. The van der Waals surface area contributed by atoms with Crippen LogP contribution in [0, 0.1) is 5.41 Å². The molecule has 1 aliphatic rings. The van der Waals surface area contributed by atoms with Gasteiger partial charge in [-0.15, -0.1) is 0 Å². The van der Waals surface area contributed by atoms with E-state index in [4.69, 9.17) is 0 Å². The average Bonchev–Trinajstić information content (AvgIpc) is 3.00. The van der Waals surface area contributed by atoms with Gasteiger partial charge in [0.05, 0.1) is 17.5 Å². The van der Waals surface area contributed by atoms with Crippen molar-refractivity contribution in [2.75, 3.05) is 21.9 Å². The fourth-order valence-corrected chi connectivity index (χ4v) is 5.08. The molecule has 2 aromatic rings. The highest BCUT2D eigenvalue weighted by atomic mass is 32.2. The Labute approximate surface area is 173 Å². The van der Waals surface area contributed by atoms with Gasteiger partial charge >= 0.3 is 6.03 Å². The summed E-state index contributed by atoms with van der Waals surface area (Å²) in [5.74, 6) is 0.185. The molecule has 1 heterocycles. The summed E-state index contributed by atoms with van der Waals surface area (Å²) in [6, 6.07) is 16.4. The summed E-state index contributed by atoms with van der Waals surface area (Å²) in [5.41, 5.74) is 2.36. The molecule has 156 valence electrons. The van der Waals surface area contributed by atoms with Crippen LogP contribution < -0.4 is 14.9 Å². The third-order valence-corrected chi connectivity index (χ3v) is 6.71. The summed E-state index contributed by atoms with van der Waals surface area (Å²) in [7, 11) is -3.21. The number of nitrogens with zero attached hydrogens (tertiary/aromatic N) is 1. The zero-order valence-electron chi connectivity index (χ0n) is 17.2. The second kappa shape index (κ2) is 8.45. The van der Waals surface area contributed by atoms with E-state index >= 15 is 0 Å². The quantitative estimate of drug-likeness (QED) is 0.753. The summed E-state index contributed by atoms with van der Waals surface area (Å²) < 4.78 is 25.5. The minimum Gasteiger partial charge on any atom is -0.331 e. The van der Waals surface area contributed by atoms with E-state index in [1.54, 1.807) is 24.3 Å². The van der Waals surface area contributed by atoms with Crippen LogP contribution in [0.25, 0.3) is 0 Å². The Morgan fingerprint density at radius 3 is 2.28 bits per heavy atom. The number of rotatable bonds is 5. The minimum absolute atomic E-state index is 0.0522. The van der Waals surface area contributed by atoms with Crippen LogP contribution in [0.3, 0.4) is 0 Å². The number of amides is 2. The molecule has 0 saturated carbocycles. The molecule has 7 heteroatoms. The van der Waals surface area contributed by atoms with E-state index < -0.39 is 10.0 Å². The van der Waals surface area contributed by atoms with Gasteiger partial charge < -0.3 is 10.6 Å². The maximum Gasteiger partial charge on any atom is 0.319 e. The lowest BCUT2D eigenvalue weighted by Crippen LogP contribution is -2.34. The highest BCUT2D eigenvalue weighted by Gasteiger charge is 2.28. The van der Waals surface area contributed by atoms with Gasteiger partial charge in [-0.1, -0.05) is 51.1 Å². The summed E-state index contributed by atoms with van der Waals surface area (Å²) in [6.07, 6.45) is 1.44. The topological polar surface area (TPSA) is 78.5 Å². The molecular weight excluding hydrogens is 386 g/mol. The zero-order chi connectivity index (χ0) is 21.1. The molecule has 2 aromatic carbocycles. The van der Waals surface area contributed by atoms with Crippen LogP contribution in [0.5, 0.6) is 0 Å². The monoisotopic (exact) mass is 415 g/mol. The van der Waals surface area contributed by atoms with Crippen molar-refractivity contribution in [3.05, 3.63) is 60.2 Å². The predicted molar refractivity (Wildman–Crippen MR) is 118 cm³/mol. The van der Waals surface area contributed by atoms with Gasteiger partial charge in [0.2, 0.25) is 10.0 Å². The maximum atomic E-state index is 12.6. The van der Waals surface area contributed by atoms with Gasteiger partial charge in [0.15, 0.2) is 0 Å². The molecule has 1 fully saturated rings. The number of sulfonamides is 1. The third-order valence-electron chi connectivity index (χ3n) is 4.84. The van der Waals surface area contributed by atoms with Gasteiger partial charge in [0, 0.05) is 12.2 Å². The Morgan fingerprint density at radius 2 is 1.72 bits per heavy atom. The molecule has 0 radical (unpaired) electrons. The van der Waals surface area contributed by atoms with E-state index in [1.807, 2.05) is 30.3 Å². The fraction of sp³-hybridized carbons (Fsp3) is 0.409. The molecule has 0 bridgehead atoms. The van der Waals surface area contributed by atoms with Crippen molar-refractivity contribution in [3.63, 3.8) is 0 Å². The van der Waals surface area contributed by atoms with Crippen molar-refractivity contribution in [2.24, 2.45) is 5.41 Å². The molecule has 1 atom stereocenters. The lowest BCUT2D eigenvalue weighted by molar-refractivity contribution is 0.241. The highest BCUT2D eigenvalue weighted by Crippen LogP contribution is 2.30. The lowest BCUT2D eigenvalue weighted by Gasteiger charge is -2.27. The van der Waals surface area contributed by atoms with E-state index in [0.717, 1.165) is 12.0 Å². The lowest BCUT2D eigenvalue weighted by atomic mass is 9.85. The number of nitrogens with one attached hydrogen (secondary N) is 2. The second-order valence-electron chi connectivity index (χ2n) is 8.62. The first-order chi connectivity index (χ1) is 13.6. The maximum absolute atomic E-state index is 12.6. The average molecular weight is 416 g/mol. The Bertz CT molecular complexity index is 936.